The van der Waals surface area contributed by atoms with E-state index in [-0.39, 0.29) is 0 Å². The second-order valence-electron chi connectivity index (χ2n) is 5.95. The minimum atomic E-state index is 0.407. The largest absolute Gasteiger partial charge is 0.492 e. The van der Waals surface area contributed by atoms with Gasteiger partial charge in [-0.2, -0.15) is 0 Å². The van der Waals surface area contributed by atoms with Crippen LogP contribution in [0.3, 0.4) is 0 Å². The molecule has 0 radical (unpaired) electrons. The Labute approximate surface area is 155 Å². The molecule has 2 rings (SSSR count). The van der Waals surface area contributed by atoms with Gasteiger partial charge >= 0.3 is 0 Å². The molecule has 0 aromatic heterocycles. The van der Waals surface area contributed by atoms with E-state index in [2.05, 4.69) is 34.4 Å². The Kier molecular flexibility index (Phi) is 8.86. The minimum absolute atomic E-state index is 0.407. The van der Waals surface area contributed by atoms with Gasteiger partial charge in [0.25, 0.3) is 0 Å². The van der Waals surface area contributed by atoms with Gasteiger partial charge in [-0.3, -0.25) is 9.89 Å². The molecule has 140 valence electrons. The molecule has 6 nitrogen and oxygen atoms in total. The Balaban J connectivity index is 1.72. The summed E-state index contributed by atoms with van der Waals surface area (Å²) in [7, 11) is 0. The molecular weight excluding hydrogens is 340 g/mol. The molecule has 1 unspecified atom stereocenters. The highest BCUT2D eigenvalue weighted by molar-refractivity contribution is 6.30. The lowest BCUT2D eigenvalue weighted by atomic mass is 10.2. The first-order chi connectivity index (χ1) is 12.2. The number of rotatable bonds is 8. The van der Waals surface area contributed by atoms with Crippen LogP contribution in [0.5, 0.6) is 5.75 Å². The summed E-state index contributed by atoms with van der Waals surface area (Å²) >= 11 is 5.86. The van der Waals surface area contributed by atoms with E-state index in [1.54, 1.807) is 0 Å². The number of nitrogens with zero attached hydrogens (tertiary/aromatic N) is 2. The molecule has 0 spiro atoms. The molecule has 25 heavy (non-hydrogen) atoms. The van der Waals surface area contributed by atoms with Crippen LogP contribution in [-0.4, -0.2) is 69.4 Å². The van der Waals surface area contributed by atoms with E-state index >= 15 is 0 Å². The second-order valence-corrected chi connectivity index (χ2v) is 6.38. The van der Waals surface area contributed by atoms with Gasteiger partial charge in [-0.15, -0.1) is 0 Å². The zero-order valence-corrected chi connectivity index (χ0v) is 15.9. The van der Waals surface area contributed by atoms with Crippen LogP contribution in [0.1, 0.15) is 13.8 Å². The predicted molar refractivity (Wildman–Crippen MR) is 103 cm³/mol. The third kappa shape index (κ3) is 7.50. The van der Waals surface area contributed by atoms with Gasteiger partial charge in [-0.25, -0.2) is 0 Å². The van der Waals surface area contributed by atoms with Crippen molar-refractivity contribution < 1.29 is 9.47 Å². The molecule has 1 atom stereocenters. The van der Waals surface area contributed by atoms with Crippen LogP contribution in [0.2, 0.25) is 5.02 Å². The molecule has 0 aliphatic carbocycles. The van der Waals surface area contributed by atoms with Crippen LogP contribution in [0.4, 0.5) is 0 Å². The van der Waals surface area contributed by atoms with Gasteiger partial charge in [0.15, 0.2) is 5.96 Å². The summed E-state index contributed by atoms with van der Waals surface area (Å²) in [5.74, 6) is 1.64. The van der Waals surface area contributed by atoms with E-state index in [1.165, 1.54) is 0 Å². The SMILES string of the molecule is CCNC(=NCC(C)N1CCOCC1)NCCOc1ccc(Cl)cc1. The fourth-order valence-electron chi connectivity index (χ4n) is 2.57. The van der Waals surface area contributed by atoms with E-state index in [9.17, 15) is 0 Å². The Bertz CT molecular complexity index is 518. The minimum Gasteiger partial charge on any atom is -0.492 e. The zero-order valence-electron chi connectivity index (χ0n) is 15.1. The van der Waals surface area contributed by atoms with Crippen molar-refractivity contribution in [3.8, 4) is 5.75 Å². The zero-order chi connectivity index (χ0) is 17.9. The van der Waals surface area contributed by atoms with Crippen molar-refractivity contribution in [3.63, 3.8) is 0 Å². The lowest BCUT2D eigenvalue weighted by Crippen LogP contribution is -2.44. The number of guanidine groups is 1. The summed E-state index contributed by atoms with van der Waals surface area (Å²) in [5.41, 5.74) is 0. The lowest BCUT2D eigenvalue weighted by Gasteiger charge is -2.31. The first kappa shape index (κ1) is 19.8. The number of ether oxygens (including phenoxy) is 2. The molecule has 1 aliphatic rings. The molecular formula is C18H29ClN4O2. The van der Waals surface area contributed by atoms with Crippen molar-refractivity contribution in [2.75, 3.05) is 52.5 Å². The molecule has 7 heteroatoms. The maximum Gasteiger partial charge on any atom is 0.191 e. The van der Waals surface area contributed by atoms with Crippen LogP contribution < -0.4 is 15.4 Å². The number of hydrogen-bond acceptors (Lipinski definition) is 4. The molecule has 0 bridgehead atoms. The van der Waals surface area contributed by atoms with Gasteiger partial charge in [0.2, 0.25) is 0 Å². The maximum atomic E-state index is 5.86. The number of nitrogens with one attached hydrogen (secondary N) is 2. The molecule has 1 saturated heterocycles. The van der Waals surface area contributed by atoms with Crippen molar-refractivity contribution in [1.29, 1.82) is 0 Å². The Morgan fingerprint density at radius 2 is 2.00 bits per heavy atom. The summed E-state index contributed by atoms with van der Waals surface area (Å²) in [4.78, 5) is 7.10. The summed E-state index contributed by atoms with van der Waals surface area (Å²) in [6.45, 7) is 10.7. The van der Waals surface area contributed by atoms with Gasteiger partial charge in [-0.05, 0) is 38.1 Å². The first-order valence-electron chi connectivity index (χ1n) is 8.91. The fraction of sp³-hybridized carbons (Fsp3) is 0.611. The number of aliphatic imine (C=N–C) groups is 1. The number of morpholine rings is 1. The Hall–Kier alpha value is -1.50. The third-order valence-corrected chi connectivity index (χ3v) is 4.26. The highest BCUT2D eigenvalue weighted by atomic mass is 35.5. The molecule has 1 fully saturated rings. The van der Waals surface area contributed by atoms with Crippen LogP contribution in [-0.2, 0) is 4.74 Å². The quantitative estimate of drug-likeness (QED) is 0.417. The normalized spacial score (nSPS) is 17.2. The summed E-state index contributed by atoms with van der Waals surface area (Å²) < 4.78 is 11.1. The van der Waals surface area contributed by atoms with Gasteiger partial charge < -0.3 is 20.1 Å². The van der Waals surface area contributed by atoms with E-state index < -0.39 is 0 Å². The predicted octanol–water partition coefficient (Wildman–Crippen LogP) is 1.99. The smallest absolute Gasteiger partial charge is 0.191 e. The monoisotopic (exact) mass is 368 g/mol. The highest BCUT2D eigenvalue weighted by Gasteiger charge is 2.16. The van der Waals surface area contributed by atoms with Crippen molar-refractivity contribution in [2.45, 2.75) is 19.9 Å². The molecule has 1 aromatic rings. The summed E-state index contributed by atoms with van der Waals surface area (Å²) in [6, 6.07) is 7.79. The lowest BCUT2D eigenvalue weighted by molar-refractivity contribution is 0.0220. The molecule has 1 aliphatic heterocycles. The Morgan fingerprint density at radius 3 is 2.68 bits per heavy atom. The first-order valence-corrected chi connectivity index (χ1v) is 9.29. The van der Waals surface area contributed by atoms with E-state index in [0.29, 0.717) is 24.2 Å². The topological polar surface area (TPSA) is 58.1 Å². The molecule has 2 N–H and O–H groups in total. The van der Waals surface area contributed by atoms with E-state index in [0.717, 1.165) is 51.1 Å². The van der Waals surface area contributed by atoms with Gasteiger partial charge in [0.1, 0.15) is 12.4 Å². The number of halogens is 1. The number of hydrogen-bond donors (Lipinski definition) is 2. The van der Waals surface area contributed by atoms with Crippen LogP contribution in [0, 0.1) is 0 Å². The maximum absolute atomic E-state index is 5.86. The van der Waals surface area contributed by atoms with Crippen LogP contribution in [0.25, 0.3) is 0 Å². The average molecular weight is 369 g/mol. The third-order valence-electron chi connectivity index (χ3n) is 4.00. The Morgan fingerprint density at radius 1 is 1.28 bits per heavy atom. The molecule has 1 heterocycles. The summed E-state index contributed by atoms with van der Waals surface area (Å²) in [5, 5.41) is 7.28. The van der Waals surface area contributed by atoms with Crippen LogP contribution in [0.15, 0.2) is 29.3 Å². The van der Waals surface area contributed by atoms with E-state index in [1.807, 2.05) is 24.3 Å². The highest BCUT2D eigenvalue weighted by Crippen LogP contribution is 2.15. The molecule has 0 amide bonds. The van der Waals surface area contributed by atoms with Crippen molar-refractivity contribution in [2.24, 2.45) is 4.99 Å². The fourth-order valence-corrected chi connectivity index (χ4v) is 2.69. The van der Waals surface area contributed by atoms with Crippen molar-refractivity contribution >= 4 is 17.6 Å². The molecule has 0 saturated carbocycles. The number of benzene rings is 1. The standard InChI is InChI=1S/C18H29ClN4O2/c1-3-20-18(22-14-15(2)23-9-12-24-13-10-23)21-8-11-25-17-6-4-16(19)5-7-17/h4-7,15H,3,8-14H2,1-2H3,(H2,20,21,22). The van der Waals surface area contributed by atoms with E-state index in [4.69, 9.17) is 21.1 Å². The second kappa shape index (κ2) is 11.2. The molecule has 1 aromatic carbocycles. The van der Waals surface area contributed by atoms with Crippen molar-refractivity contribution in [3.05, 3.63) is 29.3 Å². The summed E-state index contributed by atoms with van der Waals surface area (Å²) in [6.07, 6.45) is 0. The van der Waals surface area contributed by atoms with Gasteiger partial charge in [0.05, 0.1) is 26.3 Å². The van der Waals surface area contributed by atoms with Crippen molar-refractivity contribution in [1.82, 2.24) is 15.5 Å². The average Bonchev–Trinajstić information content (AvgIpc) is 2.65. The van der Waals surface area contributed by atoms with Gasteiger partial charge in [0, 0.05) is 30.7 Å². The van der Waals surface area contributed by atoms with Crippen LogP contribution >= 0.6 is 11.6 Å². The van der Waals surface area contributed by atoms with Gasteiger partial charge in [-0.1, -0.05) is 11.6 Å².